The molecule has 2 atom stereocenters. The number of nitrogens with zero attached hydrogens (tertiary/aromatic N) is 1. The molecule has 1 saturated heterocycles. The molecule has 0 spiro atoms. The summed E-state index contributed by atoms with van der Waals surface area (Å²) in [4.78, 5) is 14.5. The molecule has 1 aromatic rings. The summed E-state index contributed by atoms with van der Waals surface area (Å²) in [7, 11) is 0. The highest BCUT2D eigenvalue weighted by molar-refractivity contribution is 6.30. The molecule has 1 amide bonds. The number of hydrogen-bond acceptors (Lipinski definition) is 1. The van der Waals surface area contributed by atoms with E-state index in [1.807, 2.05) is 24.3 Å². The summed E-state index contributed by atoms with van der Waals surface area (Å²) in [6, 6.07) is 7.62. The average molecular weight is 292 g/mol. The molecule has 2 aliphatic rings. The summed E-state index contributed by atoms with van der Waals surface area (Å²) >= 11 is 5.88. The van der Waals surface area contributed by atoms with Crippen molar-refractivity contribution in [3.05, 3.63) is 34.9 Å². The first-order valence-electron chi connectivity index (χ1n) is 7.74. The van der Waals surface area contributed by atoms with Crippen LogP contribution in [0, 0.1) is 11.8 Å². The van der Waals surface area contributed by atoms with E-state index in [4.69, 9.17) is 11.6 Å². The van der Waals surface area contributed by atoms with E-state index in [1.54, 1.807) is 0 Å². The van der Waals surface area contributed by atoms with Gasteiger partial charge in [0.1, 0.15) is 0 Å². The molecule has 0 aromatic heterocycles. The first kappa shape index (κ1) is 13.9. The molecule has 3 heteroatoms. The minimum absolute atomic E-state index is 0.274. The fourth-order valence-corrected chi connectivity index (χ4v) is 3.84. The van der Waals surface area contributed by atoms with Gasteiger partial charge >= 0.3 is 0 Å². The van der Waals surface area contributed by atoms with Crippen LogP contribution in [0.4, 0.5) is 0 Å². The van der Waals surface area contributed by atoms with E-state index in [-0.39, 0.29) is 5.91 Å². The molecule has 2 fully saturated rings. The van der Waals surface area contributed by atoms with Crippen LogP contribution in [-0.2, 0) is 11.2 Å². The lowest BCUT2D eigenvalue weighted by atomic mass is 9.75. The van der Waals surface area contributed by atoms with Crippen LogP contribution in [0.2, 0.25) is 5.02 Å². The van der Waals surface area contributed by atoms with Crippen molar-refractivity contribution >= 4 is 17.5 Å². The predicted octanol–water partition coefficient (Wildman–Crippen LogP) is 3.92. The summed E-state index contributed by atoms with van der Waals surface area (Å²) in [5.74, 6) is 1.91. The average Bonchev–Trinajstić information content (AvgIpc) is 2.49. The third kappa shape index (κ3) is 3.17. The van der Waals surface area contributed by atoms with Gasteiger partial charge in [0, 0.05) is 18.1 Å². The first-order valence-corrected chi connectivity index (χ1v) is 8.12. The van der Waals surface area contributed by atoms with E-state index in [0.717, 1.165) is 35.5 Å². The van der Waals surface area contributed by atoms with E-state index < -0.39 is 0 Å². The number of piperidine rings is 1. The van der Waals surface area contributed by atoms with E-state index >= 15 is 0 Å². The molecular weight excluding hydrogens is 270 g/mol. The van der Waals surface area contributed by atoms with Crippen molar-refractivity contribution in [2.24, 2.45) is 11.8 Å². The molecule has 1 heterocycles. The Kier molecular flexibility index (Phi) is 4.30. The second-order valence-corrected chi connectivity index (χ2v) is 6.67. The largest absolute Gasteiger partial charge is 0.342 e. The number of carbonyl (C=O) groups excluding carboxylic acids is 1. The maximum absolute atomic E-state index is 12.4. The Hall–Kier alpha value is -1.02. The number of rotatable bonds is 2. The summed E-state index contributed by atoms with van der Waals surface area (Å²) < 4.78 is 0. The number of amides is 1. The van der Waals surface area contributed by atoms with Crippen LogP contribution in [-0.4, -0.2) is 23.9 Å². The zero-order valence-corrected chi connectivity index (χ0v) is 12.6. The van der Waals surface area contributed by atoms with Gasteiger partial charge in [0.05, 0.1) is 6.42 Å². The number of likely N-dealkylation sites (tertiary alicyclic amines) is 1. The maximum atomic E-state index is 12.4. The molecule has 1 aliphatic heterocycles. The second kappa shape index (κ2) is 6.17. The molecule has 108 valence electrons. The molecule has 20 heavy (non-hydrogen) atoms. The van der Waals surface area contributed by atoms with Crippen molar-refractivity contribution in [1.29, 1.82) is 0 Å². The van der Waals surface area contributed by atoms with Crippen LogP contribution in [0.25, 0.3) is 0 Å². The fraction of sp³-hybridized carbons (Fsp3) is 0.588. The highest BCUT2D eigenvalue weighted by Crippen LogP contribution is 2.36. The van der Waals surface area contributed by atoms with Gasteiger partial charge < -0.3 is 4.90 Å². The lowest BCUT2D eigenvalue weighted by molar-refractivity contribution is -0.133. The number of carbonyl (C=O) groups is 1. The van der Waals surface area contributed by atoms with Gasteiger partial charge in [0.15, 0.2) is 0 Å². The lowest BCUT2D eigenvalue weighted by Gasteiger charge is -2.41. The maximum Gasteiger partial charge on any atom is 0.226 e. The molecule has 3 rings (SSSR count). The quantitative estimate of drug-likeness (QED) is 0.809. The molecule has 2 nitrogen and oxygen atoms in total. The van der Waals surface area contributed by atoms with Crippen LogP contribution < -0.4 is 0 Å². The highest BCUT2D eigenvalue weighted by atomic mass is 35.5. The van der Waals surface area contributed by atoms with Crippen LogP contribution in [0.5, 0.6) is 0 Å². The zero-order chi connectivity index (χ0) is 13.9. The molecular formula is C17H22ClNO. The Morgan fingerprint density at radius 3 is 2.55 bits per heavy atom. The van der Waals surface area contributed by atoms with Crippen LogP contribution in [0.1, 0.15) is 37.7 Å². The summed E-state index contributed by atoms with van der Waals surface area (Å²) in [5.41, 5.74) is 1.06. The van der Waals surface area contributed by atoms with Gasteiger partial charge in [-0.2, -0.15) is 0 Å². The van der Waals surface area contributed by atoms with Crippen molar-refractivity contribution in [3.63, 3.8) is 0 Å². The number of hydrogen-bond donors (Lipinski definition) is 0. The van der Waals surface area contributed by atoms with E-state index in [2.05, 4.69) is 4.90 Å². The summed E-state index contributed by atoms with van der Waals surface area (Å²) in [6.45, 7) is 1.94. The topological polar surface area (TPSA) is 20.3 Å². The monoisotopic (exact) mass is 291 g/mol. The van der Waals surface area contributed by atoms with Gasteiger partial charge in [-0.1, -0.05) is 43.0 Å². The smallest absolute Gasteiger partial charge is 0.226 e. The molecule has 0 N–H and O–H groups in total. The Balaban J connectivity index is 1.58. The number of benzene rings is 1. The third-order valence-corrected chi connectivity index (χ3v) is 5.16. The Morgan fingerprint density at radius 2 is 1.80 bits per heavy atom. The van der Waals surface area contributed by atoms with Crippen molar-refractivity contribution in [2.45, 2.75) is 38.5 Å². The highest BCUT2D eigenvalue weighted by Gasteiger charge is 2.32. The van der Waals surface area contributed by atoms with Crippen molar-refractivity contribution in [2.75, 3.05) is 13.1 Å². The van der Waals surface area contributed by atoms with Gasteiger partial charge in [-0.25, -0.2) is 0 Å². The Bertz CT molecular complexity index is 470. The minimum Gasteiger partial charge on any atom is -0.342 e. The van der Waals surface area contributed by atoms with Gasteiger partial charge in [-0.3, -0.25) is 4.79 Å². The van der Waals surface area contributed by atoms with Crippen molar-refractivity contribution < 1.29 is 4.79 Å². The van der Waals surface area contributed by atoms with Gasteiger partial charge in [0.2, 0.25) is 5.91 Å². The first-order chi connectivity index (χ1) is 9.72. The van der Waals surface area contributed by atoms with Gasteiger partial charge in [-0.05, 0) is 42.4 Å². The van der Waals surface area contributed by atoms with E-state index in [9.17, 15) is 4.79 Å². The molecule has 1 aliphatic carbocycles. The third-order valence-electron chi connectivity index (χ3n) is 4.91. The summed E-state index contributed by atoms with van der Waals surface area (Å²) in [5, 5.41) is 0.726. The van der Waals surface area contributed by atoms with E-state index in [0.29, 0.717) is 6.42 Å². The Labute approximate surface area is 126 Å². The molecule has 1 aromatic carbocycles. The number of fused-ring (bicyclic) bond motifs is 1. The Morgan fingerprint density at radius 1 is 1.10 bits per heavy atom. The summed E-state index contributed by atoms with van der Waals surface area (Å²) in [6.07, 6.45) is 7.14. The molecule has 0 radical (unpaired) electrons. The number of halogens is 1. The van der Waals surface area contributed by atoms with Crippen molar-refractivity contribution in [3.8, 4) is 0 Å². The second-order valence-electron chi connectivity index (χ2n) is 6.24. The van der Waals surface area contributed by atoms with Gasteiger partial charge in [0.25, 0.3) is 0 Å². The molecule has 0 bridgehead atoms. The zero-order valence-electron chi connectivity index (χ0n) is 11.9. The van der Waals surface area contributed by atoms with Crippen molar-refractivity contribution in [1.82, 2.24) is 4.90 Å². The minimum atomic E-state index is 0.274. The molecule has 1 saturated carbocycles. The fourth-order valence-electron chi connectivity index (χ4n) is 3.72. The van der Waals surface area contributed by atoms with Crippen LogP contribution in [0.3, 0.4) is 0 Å². The normalized spacial score (nSPS) is 26.1. The van der Waals surface area contributed by atoms with E-state index in [1.165, 1.54) is 32.1 Å². The SMILES string of the molecule is O=C(Cc1ccc(Cl)cc1)N1CCC2CCCCC2C1. The van der Waals surface area contributed by atoms with Crippen LogP contribution >= 0.6 is 11.6 Å². The standard InChI is InChI=1S/C17H22ClNO/c18-16-7-5-13(6-8-16)11-17(20)19-10-9-14-3-1-2-4-15(14)12-19/h5-8,14-15H,1-4,9-12H2. The molecule has 2 unspecified atom stereocenters. The van der Waals surface area contributed by atoms with Gasteiger partial charge in [-0.15, -0.1) is 0 Å². The predicted molar refractivity (Wildman–Crippen MR) is 81.8 cm³/mol. The van der Waals surface area contributed by atoms with Crippen LogP contribution in [0.15, 0.2) is 24.3 Å². The lowest BCUT2D eigenvalue weighted by Crippen LogP contribution is -2.45.